The lowest BCUT2D eigenvalue weighted by molar-refractivity contribution is -0.144. The van der Waals surface area contributed by atoms with Crippen LogP contribution in [0, 0.1) is 0 Å². The van der Waals surface area contributed by atoms with Crippen molar-refractivity contribution in [3.05, 3.63) is 34.7 Å². The molecular weight excluding hydrogens is 340 g/mol. The Balaban J connectivity index is 1.71. The molecule has 0 radical (unpaired) electrons. The van der Waals surface area contributed by atoms with Crippen molar-refractivity contribution >= 4 is 34.9 Å². The van der Waals surface area contributed by atoms with Crippen molar-refractivity contribution in [2.45, 2.75) is 32.3 Å². The number of benzene rings is 1. The van der Waals surface area contributed by atoms with E-state index >= 15 is 0 Å². The van der Waals surface area contributed by atoms with E-state index in [4.69, 9.17) is 9.84 Å². The Hall–Kier alpha value is -2.28. The van der Waals surface area contributed by atoms with Crippen LogP contribution in [0.5, 0.6) is 5.75 Å². The molecule has 2 aliphatic rings. The van der Waals surface area contributed by atoms with Crippen molar-refractivity contribution in [2.75, 3.05) is 13.1 Å². The molecule has 6 nitrogen and oxygen atoms in total. The number of amides is 1. The summed E-state index contributed by atoms with van der Waals surface area (Å²) in [4.78, 5) is 30.0. The topological polar surface area (TPSA) is 79.2 Å². The van der Waals surface area contributed by atoms with E-state index in [0.29, 0.717) is 10.7 Å². The first kappa shape index (κ1) is 17.5. The average Bonchev–Trinajstić information content (AvgIpc) is 2.96. The molecule has 0 saturated carbocycles. The molecule has 0 aromatic heterocycles. The van der Waals surface area contributed by atoms with Crippen molar-refractivity contribution in [2.24, 2.45) is 4.99 Å². The van der Waals surface area contributed by atoms with Gasteiger partial charge >= 0.3 is 5.97 Å². The van der Waals surface area contributed by atoms with E-state index in [2.05, 4.69) is 9.89 Å². The summed E-state index contributed by atoms with van der Waals surface area (Å²) in [5.74, 6) is -0.794. The lowest BCUT2D eigenvalue weighted by Crippen LogP contribution is -2.33. The number of ether oxygens (including phenoxy) is 1. The zero-order valence-electron chi connectivity index (χ0n) is 14.0. The first-order valence-electron chi connectivity index (χ1n) is 8.30. The van der Waals surface area contributed by atoms with Gasteiger partial charge in [-0.3, -0.25) is 4.79 Å². The number of carboxylic acids is 1. The molecule has 1 N–H and O–H groups in total. The van der Waals surface area contributed by atoms with Gasteiger partial charge in [-0.15, -0.1) is 0 Å². The molecule has 2 heterocycles. The Morgan fingerprint density at radius 3 is 2.84 bits per heavy atom. The number of piperidine rings is 1. The van der Waals surface area contributed by atoms with Gasteiger partial charge in [0.25, 0.3) is 5.91 Å². The van der Waals surface area contributed by atoms with Gasteiger partial charge < -0.3 is 14.7 Å². The highest BCUT2D eigenvalue weighted by atomic mass is 32.2. The molecule has 1 atom stereocenters. The zero-order valence-corrected chi connectivity index (χ0v) is 14.8. The predicted molar refractivity (Wildman–Crippen MR) is 97.6 cm³/mol. The van der Waals surface area contributed by atoms with Gasteiger partial charge in [-0.25, -0.2) is 4.79 Å². The lowest BCUT2D eigenvalue weighted by Gasteiger charge is -2.27. The maximum Gasteiger partial charge on any atom is 0.344 e. The molecule has 1 aromatic rings. The van der Waals surface area contributed by atoms with Crippen LogP contribution in [0.3, 0.4) is 0 Å². The molecular formula is C18H20N2O4S. The second-order valence-electron chi connectivity index (χ2n) is 6.03. The van der Waals surface area contributed by atoms with Crippen molar-refractivity contribution < 1.29 is 19.4 Å². The Kier molecular flexibility index (Phi) is 5.43. The summed E-state index contributed by atoms with van der Waals surface area (Å²) in [6, 6.07) is 7.03. The van der Waals surface area contributed by atoms with Gasteiger partial charge in [-0.2, -0.15) is 4.99 Å². The Bertz CT molecular complexity index is 738. The van der Waals surface area contributed by atoms with E-state index in [1.807, 2.05) is 6.07 Å². The number of nitrogens with zero attached hydrogens (tertiary/aromatic N) is 2. The molecule has 0 bridgehead atoms. The molecule has 0 aliphatic carbocycles. The Morgan fingerprint density at radius 1 is 1.36 bits per heavy atom. The fourth-order valence-corrected chi connectivity index (χ4v) is 3.67. The summed E-state index contributed by atoms with van der Waals surface area (Å²) in [6.07, 6.45) is 4.33. The maximum absolute atomic E-state index is 12.2. The fraction of sp³-hybridized carbons (Fsp3) is 0.389. The van der Waals surface area contributed by atoms with Crippen LogP contribution in [0.25, 0.3) is 6.08 Å². The number of amidine groups is 1. The van der Waals surface area contributed by atoms with Gasteiger partial charge in [-0.1, -0.05) is 12.1 Å². The highest BCUT2D eigenvalue weighted by molar-refractivity contribution is 8.18. The number of carbonyl (C=O) groups excluding carboxylic acids is 1. The van der Waals surface area contributed by atoms with E-state index in [-0.39, 0.29) is 5.91 Å². The number of hydrogen-bond acceptors (Lipinski definition) is 5. The van der Waals surface area contributed by atoms with Gasteiger partial charge in [0, 0.05) is 13.1 Å². The van der Waals surface area contributed by atoms with E-state index in [0.717, 1.165) is 36.7 Å². The number of aliphatic imine (C=N–C) groups is 1. The largest absolute Gasteiger partial charge is 0.479 e. The summed E-state index contributed by atoms with van der Waals surface area (Å²) in [6.45, 7) is 3.37. The number of carboxylic acid groups (broad SMARTS) is 1. The van der Waals surface area contributed by atoms with Crippen LogP contribution in [-0.4, -0.2) is 46.2 Å². The molecule has 25 heavy (non-hydrogen) atoms. The van der Waals surface area contributed by atoms with Crippen LogP contribution >= 0.6 is 11.8 Å². The van der Waals surface area contributed by atoms with Crippen molar-refractivity contribution in [1.29, 1.82) is 0 Å². The second-order valence-corrected chi connectivity index (χ2v) is 7.04. The third-order valence-corrected chi connectivity index (χ3v) is 5.10. The first-order chi connectivity index (χ1) is 12.0. The number of carbonyl (C=O) groups is 2. The smallest absolute Gasteiger partial charge is 0.344 e. The monoisotopic (exact) mass is 360 g/mol. The SMILES string of the molecule is C[C@@H](Oc1cccc(/C=C2\SC(N3CCCCC3)=NC2=O)c1)C(=O)O. The number of aliphatic carboxylic acids is 1. The van der Waals surface area contributed by atoms with E-state index in [1.165, 1.54) is 25.1 Å². The Morgan fingerprint density at radius 2 is 2.12 bits per heavy atom. The third-order valence-electron chi connectivity index (χ3n) is 4.05. The van der Waals surface area contributed by atoms with E-state index in [1.54, 1.807) is 24.3 Å². The predicted octanol–water partition coefficient (Wildman–Crippen LogP) is 2.99. The molecule has 7 heteroatoms. The van der Waals surface area contributed by atoms with Crippen LogP contribution in [0.1, 0.15) is 31.7 Å². The molecule has 132 valence electrons. The number of likely N-dealkylation sites (tertiary alicyclic amines) is 1. The highest BCUT2D eigenvalue weighted by Gasteiger charge is 2.26. The van der Waals surface area contributed by atoms with Crippen molar-refractivity contribution in [3.8, 4) is 5.75 Å². The standard InChI is InChI=1S/C18H20N2O4S/c1-12(17(22)23)24-14-7-5-6-13(10-14)11-15-16(21)19-18(25-15)20-8-3-2-4-9-20/h5-7,10-12H,2-4,8-9H2,1H3,(H,22,23)/b15-11-/t12-/m1/s1. The molecule has 1 saturated heterocycles. The molecule has 2 aliphatic heterocycles. The summed E-state index contributed by atoms with van der Waals surface area (Å²) in [7, 11) is 0. The molecule has 0 unspecified atom stereocenters. The quantitative estimate of drug-likeness (QED) is 0.832. The van der Waals surface area contributed by atoms with Gasteiger partial charge in [0.05, 0.1) is 4.91 Å². The van der Waals surface area contributed by atoms with Gasteiger partial charge in [0.15, 0.2) is 11.3 Å². The minimum absolute atomic E-state index is 0.226. The van der Waals surface area contributed by atoms with Crippen LogP contribution in [0.4, 0.5) is 0 Å². The van der Waals surface area contributed by atoms with E-state index < -0.39 is 12.1 Å². The Labute approximate surface area is 150 Å². The number of hydrogen-bond donors (Lipinski definition) is 1. The minimum atomic E-state index is -1.02. The first-order valence-corrected chi connectivity index (χ1v) is 9.11. The molecule has 1 fully saturated rings. The summed E-state index contributed by atoms with van der Waals surface area (Å²) < 4.78 is 5.37. The van der Waals surface area contributed by atoms with Crippen LogP contribution in [0.2, 0.25) is 0 Å². The number of rotatable bonds is 4. The highest BCUT2D eigenvalue weighted by Crippen LogP contribution is 2.31. The second kappa shape index (κ2) is 7.74. The molecule has 1 amide bonds. The van der Waals surface area contributed by atoms with Crippen LogP contribution in [-0.2, 0) is 9.59 Å². The lowest BCUT2D eigenvalue weighted by atomic mass is 10.1. The van der Waals surface area contributed by atoms with E-state index in [9.17, 15) is 9.59 Å². The summed E-state index contributed by atoms with van der Waals surface area (Å²) in [5, 5.41) is 9.71. The molecule has 0 spiro atoms. The van der Waals surface area contributed by atoms with Crippen LogP contribution in [0.15, 0.2) is 34.2 Å². The van der Waals surface area contributed by atoms with Crippen molar-refractivity contribution in [1.82, 2.24) is 4.90 Å². The third kappa shape index (κ3) is 4.42. The molecule has 3 rings (SSSR count). The number of thioether (sulfide) groups is 1. The van der Waals surface area contributed by atoms with Gasteiger partial charge in [0.1, 0.15) is 5.75 Å². The van der Waals surface area contributed by atoms with Crippen LogP contribution < -0.4 is 4.74 Å². The fourth-order valence-electron chi connectivity index (χ4n) is 2.70. The normalized spacial score (nSPS) is 20.5. The van der Waals surface area contributed by atoms with Crippen molar-refractivity contribution in [3.63, 3.8) is 0 Å². The average molecular weight is 360 g/mol. The molecule has 1 aromatic carbocycles. The minimum Gasteiger partial charge on any atom is -0.479 e. The van der Waals surface area contributed by atoms with Gasteiger partial charge in [0.2, 0.25) is 0 Å². The summed E-state index contributed by atoms with van der Waals surface area (Å²) in [5.41, 5.74) is 0.779. The summed E-state index contributed by atoms with van der Waals surface area (Å²) >= 11 is 1.40. The maximum atomic E-state index is 12.2. The van der Waals surface area contributed by atoms with Gasteiger partial charge in [-0.05, 0) is 61.7 Å². The zero-order chi connectivity index (χ0) is 17.8.